The first-order valence-corrected chi connectivity index (χ1v) is 5.84. The molecule has 0 fully saturated rings. The molecule has 3 N–H and O–H groups in total. The zero-order valence-corrected chi connectivity index (χ0v) is 10.4. The molecular formula is C13H16F3NO2. The van der Waals surface area contributed by atoms with Crippen molar-refractivity contribution in [1.82, 2.24) is 0 Å². The van der Waals surface area contributed by atoms with Gasteiger partial charge in [0.25, 0.3) is 0 Å². The molecule has 106 valence electrons. The third kappa shape index (κ3) is 4.24. The lowest BCUT2D eigenvalue weighted by Crippen LogP contribution is -2.30. The summed E-state index contributed by atoms with van der Waals surface area (Å²) in [5.41, 5.74) is 5.10. The molecule has 2 atom stereocenters. The van der Waals surface area contributed by atoms with Gasteiger partial charge in [0.05, 0.1) is 11.5 Å². The highest BCUT2D eigenvalue weighted by molar-refractivity contribution is 5.70. The monoisotopic (exact) mass is 275 g/mol. The van der Waals surface area contributed by atoms with E-state index in [0.717, 1.165) is 12.1 Å². The number of rotatable bonds is 5. The molecule has 0 amide bonds. The lowest BCUT2D eigenvalue weighted by atomic mass is 9.88. The van der Waals surface area contributed by atoms with E-state index in [9.17, 15) is 18.0 Å². The second-order valence-corrected chi connectivity index (χ2v) is 4.56. The number of hydrogen-bond donors (Lipinski definition) is 2. The van der Waals surface area contributed by atoms with Gasteiger partial charge in [0.2, 0.25) is 0 Å². The first kappa shape index (κ1) is 15.5. The van der Waals surface area contributed by atoms with Crippen molar-refractivity contribution in [3.63, 3.8) is 0 Å². The van der Waals surface area contributed by atoms with Gasteiger partial charge in [-0.1, -0.05) is 25.1 Å². The van der Waals surface area contributed by atoms with Crippen LogP contribution in [-0.2, 0) is 17.4 Å². The number of carboxylic acids is 1. The van der Waals surface area contributed by atoms with E-state index >= 15 is 0 Å². The first-order valence-electron chi connectivity index (χ1n) is 5.84. The van der Waals surface area contributed by atoms with E-state index in [2.05, 4.69) is 0 Å². The normalized spacial score (nSPS) is 15.0. The fourth-order valence-electron chi connectivity index (χ4n) is 1.97. The minimum atomic E-state index is -4.39. The highest BCUT2D eigenvalue weighted by atomic mass is 19.4. The predicted molar refractivity (Wildman–Crippen MR) is 64.5 cm³/mol. The van der Waals surface area contributed by atoms with Crippen molar-refractivity contribution in [2.75, 3.05) is 6.54 Å². The summed E-state index contributed by atoms with van der Waals surface area (Å²) in [4.78, 5) is 10.9. The number of nitrogens with two attached hydrogens (primary N) is 1. The Kier molecular flexibility index (Phi) is 4.94. The van der Waals surface area contributed by atoms with Gasteiger partial charge < -0.3 is 10.8 Å². The van der Waals surface area contributed by atoms with Crippen LogP contribution in [0.25, 0.3) is 0 Å². The molecule has 0 aromatic heterocycles. The molecule has 0 aliphatic carbocycles. The Morgan fingerprint density at radius 3 is 2.53 bits per heavy atom. The lowest BCUT2D eigenvalue weighted by molar-refractivity contribution is -0.143. The number of hydrogen-bond acceptors (Lipinski definition) is 2. The fourth-order valence-corrected chi connectivity index (χ4v) is 1.97. The lowest BCUT2D eigenvalue weighted by Gasteiger charge is -2.19. The Morgan fingerprint density at radius 1 is 1.42 bits per heavy atom. The van der Waals surface area contributed by atoms with Crippen molar-refractivity contribution >= 4 is 5.97 Å². The van der Waals surface area contributed by atoms with Gasteiger partial charge in [0.1, 0.15) is 0 Å². The van der Waals surface area contributed by atoms with E-state index in [1.807, 2.05) is 0 Å². The maximum atomic E-state index is 12.5. The van der Waals surface area contributed by atoms with Crippen LogP contribution in [0.3, 0.4) is 0 Å². The maximum absolute atomic E-state index is 12.5. The second kappa shape index (κ2) is 6.06. The maximum Gasteiger partial charge on any atom is 0.416 e. The number of carboxylic acid groups (broad SMARTS) is 1. The summed E-state index contributed by atoms with van der Waals surface area (Å²) >= 11 is 0. The van der Waals surface area contributed by atoms with Crippen LogP contribution in [0.1, 0.15) is 18.1 Å². The highest BCUT2D eigenvalue weighted by Gasteiger charge is 2.31. The molecule has 0 aliphatic rings. The fraction of sp³-hybridized carbons (Fsp3) is 0.462. The summed E-state index contributed by atoms with van der Waals surface area (Å²) in [6, 6.07) is 4.92. The third-order valence-corrected chi connectivity index (χ3v) is 3.07. The average Bonchev–Trinajstić information content (AvgIpc) is 2.28. The first-order chi connectivity index (χ1) is 8.75. The van der Waals surface area contributed by atoms with Gasteiger partial charge in [-0.3, -0.25) is 4.79 Å². The van der Waals surface area contributed by atoms with Crippen LogP contribution >= 0.6 is 0 Å². The molecule has 0 bridgehead atoms. The Labute approximate surface area is 109 Å². The van der Waals surface area contributed by atoms with E-state index in [1.165, 1.54) is 6.07 Å². The Balaban J connectivity index is 2.85. The van der Waals surface area contributed by atoms with Crippen LogP contribution in [0.15, 0.2) is 24.3 Å². The SMILES string of the molecule is CC(Cc1cccc(C(F)(F)F)c1)C(CN)C(=O)O. The molecule has 0 spiro atoms. The molecule has 19 heavy (non-hydrogen) atoms. The second-order valence-electron chi connectivity index (χ2n) is 4.56. The molecular weight excluding hydrogens is 259 g/mol. The zero-order valence-electron chi connectivity index (χ0n) is 10.4. The number of carbonyl (C=O) groups is 1. The van der Waals surface area contributed by atoms with Crippen LogP contribution < -0.4 is 5.73 Å². The van der Waals surface area contributed by atoms with E-state index in [4.69, 9.17) is 10.8 Å². The van der Waals surface area contributed by atoms with Gasteiger partial charge in [0.15, 0.2) is 0 Å². The van der Waals surface area contributed by atoms with Crippen molar-refractivity contribution in [2.24, 2.45) is 17.6 Å². The van der Waals surface area contributed by atoms with Crippen LogP contribution in [0.2, 0.25) is 0 Å². The predicted octanol–water partition coefficient (Wildman–Crippen LogP) is 2.54. The van der Waals surface area contributed by atoms with Gasteiger partial charge in [-0.2, -0.15) is 13.2 Å². The van der Waals surface area contributed by atoms with E-state index in [1.54, 1.807) is 13.0 Å². The molecule has 0 saturated heterocycles. The topological polar surface area (TPSA) is 63.3 Å². The van der Waals surface area contributed by atoms with Gasteiger partial charge >= 0.3 is 12.1 Å². The summed E-state index contributed by atoms with van der Waals surface area (Å²) < 4.78 is 37.6. The molecule has 0 aliphatic heterocycles. The standard InChI is InChI=1S/C13H16F3NO2/c1-8(11(7-17)12(18)19)5-9-3-2-4-10(6-9)13(14,15)16/h2-4,6,8,11H,5,7,17H2,1H3,(H,18,19). The largest absolute Gasteiger partial charge is 0.481 e. The van der Waals surface area contributed by atoms with Gasteiger partial charge in [-0.15, -0.1) is 0 Å². The van der Waals surface area contributed by atoms with Crippen molar-refractivity contribution < 1.29 is 23.1 Å². The number of halogens is 3. The van der Waals surface area contributed by atoms with Gasteiger partial charge in [-0.25, -0.2) is 0 Å². The Hall–Kier alpha value is -1.56. The van der Waals surface area contributed by atoms with E-state index in [-0.39, 0.29) is 18.9 Å². The number of alkyl halides is 3. The zero-order chi connectivity index (χ0) is 14.6. The summed E-state index contributed by atoms with van der Waals surface area (Å²) in [6.45, 7) is 1.64. The highest BCUT2D eigenvalue weighted by Crippen LogP contribution is 2.30. The molecule has 3 nitrogen and oxygen atoms in total. The quantitative estimate of drug-likeness (QED) is 0.868. The molecule has 1 aromatic carbocycles. The van der Waals surface area contributed by atoms with Crippen LogP contribution in [0, 0.1) is 11.8 Å². The average molecular weight is 275 g/mol. The summed E-state index contributed by atoms with van der Waals surface area (Å²) in [7, 11) is 0. The number of benzene rings is 1. The molecule has 1 aromatic rings. The van der Waals surface area contributed by atoms with E-state index < -0.39 is 23.6 Å². The van der Waals surface area contributed by atoms with Crippen molar-refractivity contribution in [2.45, 2.75) is 19.5 Å². The summed E-state index contributed by atoms with van der Waals surface area (Å²) in [5.74, 6) is -2.11. The smallest absolute Gasteiger partial charge is 0.416 e. The van der Waals surface area contributed by atoms with Gasteiger partial charge in [0, 0.05) is 6.54 Å². The minimum absolute atomic E-state index is 0.0323. The Bertz CT molecular complexity index is 446. The minimum Gasteiger partial charge on any atom is -0.481 e. The molecule has 0 heterocycles. The van der Waals surface area contributed by atoms with Crippen LogP contribution in [0.4, 0.5) is 13.2 Å². The van der Waals surface area contributed by atoms with Crippen LogP contribution in [0.5, 0.6) is 0 Å². The molecule has 0 radical (unpaired) electrons. The molecule has 0 saturated carbocycles. The summed E-state index contributed by atoms with van der Waals surface area (Å²) in [5, 5.41) is 8.95. The van der Waals surface area contributed by atoms with Crippen molar-refractivity contribution in [3.05, 3.63) is 35.4 Å². The number of aliphatic carboxylic acids is 1. The van der Waals surface area contributed by atoms with Gasteiger partial charge in [-0.05, 0) is 24.0 Å². The van der Waals surface area contributed by atoms with Crippen molar-refractivity contribution in [1.29, 1.82) is 0 Å². The van der Waals surface area contributed by atoms with Crippen molar-refractivity contribution in [3.8, 4) is 0 Å². The molecule has 2 unspecified atom stereocenters. The van der Waals surface area contributed by atoms with E-state index in [0.29, 0.717) is 5.56 Å². The summed E-state index contributed by atoms with van der Waals surface area (Å²) in [6.07, 6.45) is -4.14. The molecule has 6 heteroatoms. The Morgan fingerprint density at radius 2 is 2.05 bits per heavy atom. The van der Waals surface area contributed by atoms with Crippen LogP contribution in [-0.4, -0.2) is 17.6 Å². The molecule has 1 rings (SSSR count). The third-order valence-electron chi connectivity index (χ3n) is 3.07.